The molecule has 2 aromatic carbocycles. The van der Waals surface area contributed by atoms with Gasteiger partial charge in [0.1, 0.15) is 5.69 Å². The van der Waals surface area contributed by atoms with Crippen LogP contribution in [0.3, 0.4) is 0 Å². The number of fused-ring (bicyclic) bond motifs is 1. The highest BCUT2D eigenvalue weighted by Crippen LogP contribution is 2.27. The molecule has 5 rings (SSSR count). The molecule has 3 aromatic heterocycles. The zero-order valence-corrected chi connectivity index (χ0v) is 20.2. The fraction of sp³-hybridized carbons (Fsp3) is 0.125. The quantitative estimate of drug-likeness (QED) is 0.354. The second kappa shape index (κ2) is 8.89. The molecule has 0 radical (unpaired) electrons. The lowest BCUT2D eigenvalue weighted by Crippen LogP contribution is -2.18. The molecule has 0 bridgehead atoms. The molecule has 36 heavy (non-hydrogen) atoms. The molecule has 5 aromatic rings. The summed E-state index contributed by atoms with van der Waals surface area (Å²) in [5.41, 5.74) is 8.98. The minimum absolute atomic E-state index is 0.0603. The Morgan fingerprint density at radius 3 is 2.58 bits per heavy atom. The van der Waals surface area contributed by atoms with Crippen LogP contribution in [0.15, 0.2) is 70.3 Å². The molecule has 0 spiro atoms. The van der Waals surface area contributed by atoms with Crippen molar-refractivity contribution < 1.29 is 17.7 Å². The monoisotopic (exact) mass is 503 g/mol. The number of aryl methyl sites for hydroxylation is 1. The summed E-state index contributed by atoms with van der Waals surface area (Å²) in [6, 6.07) is 13.5. The van der Waals surface area contributed by atoms with E-state index in [-0.39, 0.29) is 22.4 Å². The van der Waals surface area contributed by atoms with Crippen molar-refractivity contribution in [2.24, 2.45) is 0 Å². The zero-order chi connectivity index (χ0) is 25.4. The number of amides is 1. The van der Waals surface area contributed by atoms with Gasteiger partial charge in [0.2, 0.25) is 5.95 Å². The van der Waals surface area contributed by atoms with Crippen LogP contribution in [0.2, 0.25) is 0 Å². The molecular weight excluding hydrogens is 482 g/mol. The predicted octanol–water partition coefficient (Wildman–Crippen LogP) is 3.27. The maximum Gasteiger partial charge on any atom is 0.276 e. The van der Waals surface area contributed by atoms with Gasteiger partial charge < -0.3 is 10.3 Å². The van der Waals surface area contributed by atoms with E-state index in [1.807, 2.05) is 6.92 Å². The van der Waals surface area contributed by atoms with Gasteiger partial charge in [-0.05, 0) is 36.8 Å². The number of benzene rings is 2. The fourth-order valence-corrected chi connectivity index (χ4v) is 4.68. The van der Waals surface area contributed by atoms with Gasteiger partial charge in [-0.2, -0.15) is 5.10 Å². The molecule has 3 N–H and O–H groups in total. The second-order valence-corrected chi connectivity index (χ2v) is 10.0. The van der Waals surface area contributed by atoms with E-state index in [0.29, 0.717) is 39.9 Å². The van der Waals surface area contributed by atoms with Crippen molar-refractivity contribution in [1.82, 2.24) is 24.9 Å². The Morgan fingerprint density at radius 1 is 1.11 bits per heavy atom. The Morgan fingerprint density at radius 2 is 1.86 bits per heavy atom. The van der Waals surface area contributed by atoms with E-state index in [9.17, 15) is 13.2 Å². The van der Waals surface area contributed by atoms with Crippen LogP contribution in [0, 0.1) is 0 Å². The van der Waals surface area contributed by atoms with Gasteiger partial charge >= 0.3 is 0 Å². The van der Waals surface area contributed by atoms with Gasteiger partial charge in [-0.1, -0.05) is 30.3 Å². The summed E-state index contributed by atoms with van der Waals surface area (Å²) in [5, 5.41) is 11.6. The number of sulfone groups is 1. The third-order valence-corrected chi connectivity index (χ3v) is 6.71. The third kappa shape index (κ3) is 4.29. The van der Waals surface area contributed by atoms with Crippen LogP contribution in [0.1, 0.15) is 23.1 Å². The van der Waals surface area contributed by atoms with Gasteiger partial charge in [0.05, 0.1) is 21.7 Å². The number of hydrogen-bond donors (Lipinski definition) is 2. The highest BCUT2D eigenvalue weighted by molar-refractivity contribution is 7.90. The maximum absolute atomic E-state index is 13.2. The first kappa shape index (κ1) is 23.2. The zero-order valence-electron chi connectivity index (χ0n) is 19.3. The van der Waals surface area contributed by atoms with Gasteiger partial charge in [0, 0.05) is 29.8 Å². The molecule has 182 valence electrons. The highest BCUT2D eigenvalue weighted by Gasteiger charge is 2.19. The van der Waals surface area contributed by atoms with Crippen molar-refractivity contribution in [3.8, 4) is 16.8 Å². The number of carbonyl (C=O) groups excluding carboxylic acids is 1. The lowest BCUT2D eigenvalue weighted by molar-refractivity contribution is 0.101. The van der Waals surface area contributed by atoms with Gasteiger partial charge in [0.25, 0.3) is 5.91 Å². The molecule has 0 saturated heterocycles. The Hall–Kier alpha value is -4.58. The van der Waals surface area contributed by atoms with Gasteiger partial charge in [-0.25, -0.2) is 23.1 Å². The summed E-state index contributed by atoms with van der Waals surface area (Å²) in [7, 11) is -3.44. The first-order valence-electron chi connectivity index (χ1n) is 10.9. The average molecular weight is 504 g/mol. The van der Waals surface area contributed by atoms with Crippen molar-refractivity contribution in [2.75, 3.05) is 17.3 Å². The summed E-state index contributed by atoms with van der Waals surface area (Å²) < 4.78 is 30.9. The summed E-state index contributed by atoms with van der Waals surface area (Å²) in [6.07, 6.45) is 4.69. The molecule has 11 nitrogen and oxygen atoms in total. The molecule has 0 aliphatic rings. The number of rotatable bonds is 6. The number of nitrogens with one attached hydrogen (secondary N) is 1. The van der Waals surface area contributed by atoms with Crippen molar-refractivity contribution in [3.05, 3.63) is 72.3 Å². The molecule has 0 fully saturated rings. The molecule has 0 atom stereocenters. The van der Waals surface area contributed by atoms with Crippen LogP contribution in [0.5, 0.6) is 0 Å². The van der Waals surface area contributed by atoms with E-state index in [1.54, 1.807) is 42.5 Å². The lowest BCUT2D eigenvalue weighted by Gasteiger charge is -2.09. The minimum Gasteiger partial charge on any atom is -0.380 e. The van der Waals surface area contributed by atoms with E-state index in [4.69, 9.17) is 10.3 Å². The first-order valence-corrected chi connectivity index (χ1v) is 12.8. The number of nitrogen functional groups attached to an aromatic ring is 1. The number of hydrogen-bond acceptors (Lipinski definition) is 9. The summed E-state index contributed by atoms with van der Waals surface area (Å²) >= 11 is 0. The van der Waals surface area contributed by atoms with Crippen LogP contribution in [-0.2, 0) is 16.3 Å². The van der Waals surface area contributed by atoms with Gasteiger partial charge in [0.15, 0.2) is 21.2 Å². The van der Waals surface area contributed by atoms with Crippen LogP contribution < -0.4 is 11.1 Å². The van der Waals surface area contributed by atoms with E-state index >= 15 is 0 Å². The second-order valence-electron chi connectivity index (χ2n) is 8.05. The van der Waals surface area contributed by atoms with Crippen LogP contribution in [0.4, 0.5) is 11.8 Å². The van der Waals surface area contributed by atoms with Crippen LogP contribution in [0.25, 0.3) is 27.8 Å². The normalized spacial score (nSPS) is 11.6. The average Bonchev–Trinajstić information content (AvgIpc) is 3.48. The first-order chi connectivity index (χ1) is 17.2. The Balaban J connectivity index is 1.44. The van der Waals surface area contributed by atoms with E-state index in [0.717, 1.165) is 6.26 Å². The van der Waals surface area contributed by atoms with Crippen molar-refractivity contribution in [3.63, 3.8) is 0 Å². The number of carbonyl (C=O) groups is 1. The van der Waals surface area contributed by atoms with Gasteiger partial charge in [-0.15, -0.1) is 0 Å². The fourth-order valence-electron chi connectivity index (χ4n) is 3.76. The van der Waals surface area contributed by atoms with E-state index in [1.165, 1.54) is 23.1 Å². The largest absolute Gasteiger partial charge is 0.380 e. The Kier molecular flexibility index (Phi) is 5.72. The Bertz CT molecular complexity index is 1710. The van der Waals surface area contributed by atoms with Crippen LogP contribution in [-0.4, -0.2) is 45.5 Å². The van der Waals surface area contributed by atoms with Crippen molar-refractivity contribution in [1.29, 1.82) is 0 Å². The molecular formula is C24H21N7O4S. The number of anilines is 2. The van der Waals surface area contributed by atoms with Crippen molar-refractivity contribution in [2.45, 2.75) is 18.2 Å². The minimum atomic E-state index is -3.44. The van der Waals surface area contributed by atoms with E-state index in [2.05, 4.69) is 25.5 Å². The molecule has 0 aliphatic carbocycles. The molecule has 12 heteroatoms. The summed E-state index contributed by atoms with van der Waals surface area (Å²) in [5.74, 6) is -0.165. The number of nitrogens with two attached hydrogens (primary N) is 1. The summed E-state index contributed by atoms with van der Waals surface area (Å²) in [4.78, 5) is 21.8. The number of nitrogens with zero attached hydrogens (tertiary/aromatic N) is 5. The number of aromatic nitrogens is 5. The highest BCUT2D eigenvalue weighted by atomic mass is 32.2. The summed E-state index contributed by atoms with van der Waals surface area (Å²) in [6.45, 7) is 1.94. The Labute approximate surface area is 205 Å². The third-order valence-electron chi connectivity index (χ3n) is 5.56. The topological polar surface area (TPSA) is 159 Å². The molecule has 0 unspecified atom stereocenters. The SMILES string of the molecule is CCc1cc(C(=O)Nc2ncc(-c3ccccc3S(C)(=O)=O)cn2)n(-c2ccc3onc(N)c3c2)n1. The predicted molar refractivity (Wildman–Crippen MR) is 133 cm³/mol. The molecule has 0 aliphatic heterocycles. The van der Waals surface area contributed by atoms with Crippen molar-refractivity contribution >= 4 is 38.5 Å². The van der Waals surface area contributed by atoms with Gasteiger partial charge in [-0.3, -0.25) is 10.1 Å². The maximum atomic E-state index is 13.2. The lowest BCUT2D eigenvalue weighted by atomic mass is 10.1. The van der Waals surface area contributed by atoms with Crippen LogP contribution >= 0.6 is 0 Å². The van der Waals surface area contributed by atoms with E-state index < -0.39 is 15.7 Å². The molecule has 1 amide bonds. The molecule has 3 heterocycles. The standard InChI is InChI=1S/C24H21N7O4S/c1-3-15-10-19(31(29-15)16-8-9-20-18(11-16)22(25)30-35-20)23(32)28-24-26-12-14(13-27-24)17-6-4-5-7-21(17)36(2,33)34/h4-13H,3H2,1-2H3,(H2,25,30)(H,26,27,28,32). The molecule has 0 saturated carbocycles. The smallest absolute Gasteiger partial charge is 0.276 e.